The topological polar surface area (TPSA) is 111 Å². The maximum atomic E-state index is 13.5. The van der Waals surface area contributed by atoms with E-state index < -0.39 is 23.9 Å². The number of ether oxygens (including phenoxy) is 1. The van der Waals surface area contributed by atoms with Gasteiger partial charge in [-0.05, 0) is 48.1 Å². The number of Topliss-reactive ketones (excluding diaryl/α,β-unsaturated/α-hetero) is 1. The highest BCUT2D eigenvalue weighted by atomic mass is 16.5. The maximum Gasteiger partial charge on any atom is 0.252 e. The lowest BCUT2D eigenvalue weighted by Crippen LogP contribution is -2.54. The molecular weight excluding hydrogens is 478 g/mol. The molecular formula is C31H37N3O4. The zero-order valence-corrected chi connectivity index (χ0v) is 22.1. The van der Waals surface area contributed by atoms with Gasteiger partial charge in [0.05, 0.1) is 12.6 Å². The number of hydrogen-bond acceptors (Lipinski definition) is 5. The fourth-order valence-electron chi connectivity index (χ4n) is 4.08. The quantitative estimate of drug-likeness (QED) is 0.277. The lowest BCUT2D eigenvalue weighted by atomic mass is 9.96. The van der Waals surface area contributed by atoms with Crippen molar-refractivity contribution >= 4 is 23.3 Å². The van der Waals surface area contributed by atoms with Crippen LogP contribution in [-0.4, -0.2) is 36.3 Å². The van der Waals surface area contributed by atoms with E-state index in [9.17, 15) is 14.4 Å². The molecule has 3 aromatic rings. The SMILES string of the molecule is CCC(C)[C@H](NC(=O)c1cccc(N)c1)C(=O)N[C@@H](CCc1ccccc1)C(=O)COCc1ccccc1. The molecule has 0 aliphatic carbocycles. The molecule has 7 heteroatoms. The Morgan fingerprint density at radius 2 is 1.53 bits per heavy atom. The van der Waals surface area contributed by atoms with E-state index in [0.717, 1.165) is 11.1 Å². The first-order valence-electron chi connectivity index (χ1n) is 13.0. The summed E-state index contributed by atoms with van der Waals surface area (Å²) in [5.41, 5.74) is 8.69. The first-order valence-corrected chi connectivity index (χ1v) is 13.0. The minimum atomic E-state index is -0.814. The number of nitrogens with one attached hydrogen (secondary N) is 2. The van der Waals surface area contributed by atoms with E-state index >= 15 is 0 Å². The molecule has 2 amide bonds. The number of carbonyl (C=O) groups is 3. The van der Waals surface area contributed by atoms with Crippen LogP contribution in [-0.2, 0) is 27.4 Å². The molecule has 0 spiro atoms. The Kier molecular flexibility index (Phi) is 11.1. The Bertz CT molecular complexity index is 1180. The summed E-state index contributed by atoms with van der Waals surface area (Å²) < 4.78 is 5.68. The number of hydrogen-bond donors (Lipinski definition) is 3. The second kappa shape index (κ2) is 14.7. The Hall–Kier alpha value is -3.97. The predicted octanol–water partition coefficient (Wildman–Crippen LogP) is 4.32. The Morgan fingerprint density at radius 3 is 2.16 bits per heavy atom. The second-order valence-corrected chi connectivity index (χ2v) is 9.49. The van der Waals surface area contributed by atoms with Gasteiger partial charge in [-0.3, -0.25) is 14.4 Å². The van der Waals surface area contributed by atoms with Gasteiger partial charge in [-0.1, -0.05) is 87.0 Å². The zero-order chi connectivity index (χ0) is 27.3. The summed E-state index contributed by atoms with van der Waals surface area (Å²) in [6, 6.07) is 24.4. The summed E-state index contributed by atoms with van der Waals surface area (Å²) >= 11 is 0. The van der Waals surface area contributed by atoms with Crippen molar-refractivity contribution < 1.29 is 19.1 Å². The molecule has 200 valence electrons. The van der Waals surface area contributed by atoms with Gasteiger partial charge in [0.1, 0.15) is 12.6 Å². The molecule has 4 N–H and O–H groups in total. The number of aryl methyl sites for hydroxylation is 1. The molecule has 0 saturated carbocycles. The van der Waals surface area contributed by atoms with Crippen LogP contribution in [0, 0.1) is 5.92 Å². The van der Waals surface area contributed by atoms with E-state index in [4.69, 9.17) is 10.5 Å². The standard InChI is InChI=1S/C31H37N3O4/c1-3-22(2)29(34-30(36)25-15-10-16-26(32)19-25)31(37)33-27(18-17-23-11-6-4-7-12-23)28(35)21-38-20-24-13-8-5-9-14-24/h4-16,19,22,27,29H,3,17-18,20-21,32H2,1-2H3,(H,33,37)(H,34,36)/t22?,27-,29-/m0/s1. The summed E-state index contributed by atoms with van der Waals surface area (Å²) in [5.74, 6) is -1.16. The molecule has 0 radical (unpaired) electrons. The third-order valence-electron chi connectivity index (χ3n) is 6.56. The smallest absolute Gasteiger partial charge is 0.252 e. The van der Waals surface area contributed by atoms with E-state index in [-0.39, 0.29) is 18.3 Å². The molecule has 0 aromatic heterocycles. The van der Waals surface area contributed by atoms with Crippen LogP contribution in [0.4, 0.5) is 5.69 Å². The average molecular weight is 516 g/mol. The van der Waals surface area contributed by atoms with E-state index in [1.165, 1.54) is 0 Å². The molecule has 3 aromatic carbocycles. The van der Waals surface area contributed by atoms with Crippen molar-refractivity contribution in [1.82, 2.24) is 10.6 Å². The number of anilines is 1. The minimum Gasteiger partial charge on any atom is -0.399 e. The monoisotopic (exact) mass is 515 g/mol. The molecule has 1 unspecified atom stereocenters. The Balaban J connectivity index is 1.70. The third kappa shape index (κ3) is 8.85. The fraction of sp³-hybridized carbons (Fsp3) is 0.323. The van der Waals surface area contributed by atoms with Crippen LogP contribution in [0.3, 0.4) is 0 Å². The van der Waals surface area contributed by atoms with Gasteiger partial charge in [0.2, 0.25) is 5.91 Å². The lowest BCUT2D eigenvalue weighted by Gasteiger charge is -2.26. The van der Waals surface area contributed by atoms with E-state index in [0.29, 0.717) is 37.1 Å². The summed E-state index contributed by atoms with van der Waals surface area (Å²) in [4.78, 5) is 39.6. The lowest BCUT2D eigenvalue weighted by molar-refractivity contribution is -0.132. The number of carbonyl (C=O) groups excluding carboxylic acids is 3. The molecule has 0 heterocycles. The van der Waals surface area contributed by atoms with Crippen LogP contribution in [0.15, 0.2) is 84.9 Å². The number of benzene rings is 3. The van der Waals surface area contributed by atoms with Gasteiger partial charge in [0.15, 0.2) is 5.78 Å². The minimum absolute atomic E-state index is 0.127. The maximum absolute atomic E-state index is 13.5. The Morgan fingerprint density at radius 1 is 0.868 bits per heavy atom. The highest BCUT2D eigenvalue weighted by Gasteiger charge is 2.30. The van der Waals surface area contributed by atoms with E-state index in [1.54, 1.807) is 24.3 Å². The highest BCUT2D eigenvalue weighted by Crippen LogP contribution is 2.13. The molecule has 3 rings (SSSR count). The van der Waals surface area contributed by atoms with Gasteiger partial charge in [0, 0.05) is 11.3 Å². The summed E-state index contributed by atoms with van der Waals surface area (Å²) in [5, 5.41) is 5.76. The third-order valence-corrected chi connectivity index (χ3v) is 6.56. The van der Waals surface area contributed by atoms with Crippen LogP contribution < -0.4 is 16.4 Å². The average Bonchev–Trinajstić information content (AvgIpc) is 2.94. The zero-order valence-electron chi connectivity index (χ0n) is 22.1. The number of rotatable bonds is 14. The second-order valence-electron chi connectivity index (χ2n) is 9.49. The van der Waals surface area contributed by atoms with Gasteiger partial charge < -0.3 is 21.1 Å². The van der Waals surface area contributed by atoms with E-state index in [1.807, 2.05) is 74.5 Å². The van der Waals surface area contributed by atoms with Gasteiger partial charge >= 0.3 is 0 Å². The normalized spacial score (nSPS) is 13.2. The van der Waals surface area contributed by atoms with Crippen LogP contribution in [0.2, 0.25) is 0 Å². The molecule has 0 fully saturated rings. The van der Waals surface area contributed by atoms with E-state index in [2.05, 4.69) is 10.6 Å². The highest BCUT2D eigenvalue weighted by molar-refractivity contribution is 5.99. The number of nitrogen functional groups attached to an aromatic ring is 1. The molecule has 0 saturated heterocycles. The van der Waals surface area contributed by atoms with Crippen molar-refractivity contribution in [2.45, 2.75) is 51.8 Å². The fourth-order valence-corrected chi connectivity index (χ4v) is 4.08. The van der Waals surface area contributed by atoms with Gasteiger partial charge in [-0.15, -0.1) is 0 Å². The van der Waals surface area contributed by atoms with Crippen LogP contribution in [0.1, 0.15) is 48.2 Å². The van der Waals surface area contributed by atoms with Crippen LogP contribution >= 0.6 is 0 Å². The molecule has 0 aliphatic rings. The van der Waals surface area contributed by atoms with Gasteiger partial charge in [-0.2, -0.15) is 0 Å². The van der Waals surface area contributed by atoms with Crippen LogP contribution in [0.5, 0.6) is 0 Å². The van der Waals surface area contributed by atoms with Crippen molar-refractivity contribution in [2.75, 3.05) is 12.3 Å². The molecule has 7 nitrogen and oxygen atoms in total. The summed E-state index contributed by atoms with van der Waals surface area (Å²) in [7, 11) is 0. The first kappa shape index (κ1) is 28.6. The van der Waals surface area contributed by atoms with Crippen molar-refractivity contribution in [2.24, 2.45) is 5.92 Å². The molecule has 0 bridgehead atoms. The summed E-state index contributed by atoms with van der Waals surface area (Å²) in [6.45, 7) is 4.02. The van der Waals surface area contributed by atoms with Crippen molar-refractivity contribution in [3.63, 3.8) is 0 Å². The largest absolute Gasteiger partial charge is 0.399 e. The number of nitrogens with two attached hydrogens (primary N) is 1. The van der Waals surface area contributed by atoms with Crippen molar-refractivity contribution in [3.05, 3.63) is 102 Å². The first-order chi connectivity index (χ1) is 18.4. The number of amides is 2. The van der Waals surface area contributed by atoms with Crippen molar-refractivity contribution in [1.29, 1.82) is 0 Å². The van der Waals surface area contributed by atoms with Gasteiger partial charge in [-0.25, -0.2) is 0 Å². The molecule has 38 heavy (non-hydrogen) atoms. The van der Waals surface area contributed by atoms with Gasteiger partial charge in [0.25, 0.3) is 5.91 Å². The predicted molar refractivity (Wildman–Crippen MR) is 149 cm³/mol. The number of ketones is 1. The summed E-state index contributed by atoms with van der Waals surface area (Å²) in [6.07, 6.45) is 1.69. The molecule has 0 aliphatic heterocycles. The van der Waals surface area contributed by atoms with Crippen LogP contribution in [0.25, 0.3) is 0 Å². The molecule has 3 atom stereocenters. The Labute approximate surface area is 224 Å². The van der Waals surface area contributed by atoms with Crippen molar-refractivity contribution in [3.8, 4) is 0 Å².